The minimum atomic E-state index is 1.06. The highest BCUT2D eigenvalue weighted by Gasteiger charge is 1.95. The molecule has 1 aromatic heterocycles. The first-order chi connectivity index (χ1) is 8.34. The first-order valence-corrected chi connectivity index (χ1v) is 7.01. The highest BCUT2D eigenvalue weighted by Crippen LogP contribution is 2.08. The molecule has 90 valence electrons. The average molecular weight is 245 g/mol. The first kappa shape index (κ1) is 12.3. The second kappa shape index (κ2) is 6.58. The van der Waals surface area contributed by atoms with E-state index >= 15 is 0 Å². The molecule has 0 bridgehead atoms. The largest absolute Gasteiger partial charge is 0.316 e. The van der Waals surface area contributed by atoms with Crippen LogP contribution in [0.5, 0.6) is 0 Å². The molecule has 0 aliphatic rings. The van der Waals surface area contributed by atoms with Crippen molar-refractivity contribution in [1.29, 1.82) is 0 Å². The lowest BCUT2D eigenvalue weighted by atomic mass is 10.1. The van der Waals surface area contributed by atoms with E-state index in [0.29, 0.717) is 0 Å². The van der Waals surface area contributed by atoms with Gasteiger partial charge in [0.05, 0.1) is 0 Å². The van der Waals surface area contributed by atoms with Crippen LogP contribution in [0, 0.1) is 6.92 Å². The van der Waals surface area contributed by atoms with Gasteiger partial charge in [-0.3, -0.25) is 0 Å². The fourth-order valence-corrected chi connectivity index (χ4v) is 2.60. The molecule has 0 spiro atoms. The van der Waals surface area contributed by atoms with Gasteiger partial charge in [-0.05, 0) is 49.9 Å². The van der Waals surface area contributed by atoms with Gasteiger partial charge in [-0.15, -0.1) is 11.3 Å². The summed E-state index contributed by atoms with van der Waals surface area (Å²) in [7, 11) is 0. The van der Waals surface area contributed by atoms with Crippen LogP contribution < -0.4 is 5.32 Å². The maximum absolute atomic E-state index is 3.50. The third-order valence-electron chi connectivity index (χ3n) is 2.80. The Morgan fingerprint density at radius 2 is 1.94 bits per heavy atom. The summed E-state index contributed by atoms with van der Waals surface area (Å²) >= 11 is 1.84. The molecule has 1 aromatic carbocycles. The number of thiophene rings is 1. The fraction of sp³-hybridized carbons (Fsp3) is 0.333. The molecule has 0 saturated carbocycles. The van der Waals surface area contributed by atoms with Gasteiger partial charge in [0.25, 0.3) is 0 Å². The van der Waals surface area contributed by atoms with E-state index in [1.807, 2.05) is 11.3 Å². The summed E-state index contributed by atoms with van der Waals surface area (Å²) in [6, 6.07) is 13.1. The van der Waals surface area contributed by atoms with Gasteiger partial charge in [-0.2, -0.15) is 0 Å². The van der Waals surface area contributed by atoms with Crippen LogP contribution in [0.2, 0.25) is 0 Å². The number of hydrogen-bond donors (Lipinski definition) is 1. The Kier molecular flexibility index (Phi) is 4.77. The lowest BCUT2D eigenvalue weighted by Gasteiger charge is -2.04. The van der Waals surface area contributed by atoms with Crippen LogP contribution in [0.3, 0.4) is 0 Å². The summed E-state index contributed by atoms with van der Waals surface area (Å²) in [5.41, 5.74) is 2.77. The van der Waals surface area contributed by atoms with Crippen LogP contribution in [-0.2, 0) is 12.8 Å². The molecule has 0 unspecified atom stereocenters. The van der Waals surface area contributed by atoms with Crippen LogP contribution in [0.15, 0.2) is 41.8 Å². The molecule has 0 aliphatic carbocycles. The summed E-state index contributed by atoms with van der Waals surface area (Å²) in [6.07, 6.45) is 2.26. The van der Waals surface area contributed by atoms with E-state index in [-0.39, 0.29) is 0 Å². The summed E-state index contributed by atoms with van der Waals surface area (Å²) in [6.45, 7) is 4.29. The molecule has 2 heteroatoms. The number of nitrogens with one attached hydrogen (secondary N) is 1. The highest BCUT2D eigenvalue weighted by molar-refractivity contribution is 7.09. The molecule has 2 rings (SSSR count). The second-order valence-electron chi connectivity index (χ2n) is 4.32. The van der Waals surface area contributed by atoms with Crippen molar-refractivity contribution >= 4 is 11.3 Å². The second-order valence-corrected chi connectivity index (χ2v) is 5.35. The Bertz CT molecular complexity index is 434. The zero-order valence-electron chi connectivity index (χ0n) is 10.3. The summed E-state index contributed by atoms with van der Waals surface area (Å²) in [5.74, 6) is 0. The summed E-state index contributed by atoms with van der Waals surface area (Å²) in [4.78, 5) is 1.47. The van der Waals surface area contributed by atoms with Gasteiger partial charge in [0, 0.05) is 4.88 Å². The molecular formula is C15H19NS. The van der Waals surface area contributed by atoms with Crippen molar-refractivity contribution in [2.45, 2.75) is 19.8 Å². The summed E-state index contributed by atoms with van der Waals surface area (Å²) in [5, 5.41) is 5.64. The van der Waals surface area contributed by atoms with Crippen LogP contribution in [0.4, 0.5) is 0 Å². The Labute approximate surface area is 108 Å². The van der Waals surface area contributed by atoms with Gasteiger partial charge in [-0.1, -0.05) is 35.9 Å². The van der Waals surface area contributed by atoms with E-state index in [0.717, 1.165) is 25.9 Å². The molecule has 0 radical (unpaired) electrons. The smallest absolute Gasteiger partial charge is 0.00578 e. The van der Waals surface area contributed by atoms with Crippen LogP contribution in [0.1, 0.15) is 16.0 Å². The topological polar surface area (TPSA) is 12.0 Å². The Hall–Kier alpha value is -1.12. The minimum absolute atomic E-state index is 1.06. The predicted molar refractivity (Wildman–Crippen MR) is 75.8 cm³/mol. The molecule has 0 saturated heterocycles. The minimum Gasteiger partial charge on any atom is -0.316 e. The monoisotopic (exact) mass is 245 g/mol. The number of rotatable bonds is 6. The molecule has 0 amide bonds. The maximum Gasteiger partial charge on any atom is 0.00578 e. The standard InChI is InChI=1S/C15H19NS/c1-13-4-2-5-14(12-13)7-9-16-10-8-15-6-3-11-17-15/h2-6,11-12,16H,7-10H2,1H3. The van der Waals surface area contributed by atoms with E-state index in [2.05, 4.69) is 54.0 Å². The van der Waals surface area contributed by atoms with Gasteiger partial charge >= 0.3 is 0 Å². The number of aryl methyl sites for hydroxylation is 1. The van der Waals surface area contributed by atoms with Crippen LogP contribution >= 0.6 is 11.3 Å². The average Bonchev–Trinajstić information content (AvgIpc) is 2.82. The zero-order chi connectivity index (χ0) is 11.9. The van der Waals surface area contributed by atoms with Gasteiger partial charge in [0.2, 0.25) is 0 Å². The maximum atomic E-state index is 3.50. The molecular weight excluding hydrogens is 226 g/mol. The number of hydrogen-bond acceptors (Lipinski definition) is 2. The Morgan fingerprint density at radius 1 is 1.06 bits per heavy atom. The lowest BCUT2D eigenvalue weighted by molar-refractivity contribution is 0.685. The van der Waals surface area contributed by atoms with Crippen molar-refractivity contribution < 1.29 is 0 Å². The molecule has 0 aliphatic heterocycles. The number of benzene rings is 1. The van der Waals surface area contributed by atoms with Crippen molar-refractivity contribution in [2.24, 2.45) is 0 Å². The molecule has 0 fully saturated rings. The highest BCUT2D eigenvalue weighted by atomic mass is 32.1. The van der Waals surface area contributed by atoms with Crippen molar-refractivity contribution in [3.05, 3.63) is 57.8 Å². The molecule has 17 heavy (non-hydrogen) atoms. The van der Waals surface area contributed by atoms with Crippen molar-refractivity contribution in [1.82, 2.24) is 5.32 Å². The molecule has 2 aromatic rings. The SMILES string of the molecule is Cc1cccc(CCNCCc2cccs2)c1. The third-order valence-corrected chi connectivity index (χ3v) is 3.74. The van der Waals surface area contributed by atoms with E-state index in [9.17, 15) is 0 Å². The van der Waals surface area contributed by atoms with E-state index in [1.165, 1.54) is 16.0 Å². The summed E-state index contributed by atoms with van der Waals surface area (Å²) < 4.78 is 0. The third kappa shape index (κ3) is 4.33. The van der Waals surface area contributed by atoms with Gasteiger partial charge in [0.1, 0.15) is 0 Å². The van der Waals surface area contributed by atoms with Gasteiger partial charge < -0.3 is 5.32 Å². The van der Waals surface area contributed by atoms with Crippen molar-refractivity contribution in [2.75, 3.05) is 13.1 Å². The predicted octanol–water partition coefficient (Wildman–Crippen LogP) is 3.43. The molecule has 1 nitrogen and oxygen atoms in total. The zero-order valence-corrected chi connectivity index (χ0v) is 11.1. The molecule has 0 atom stereocenters. The van der Waals surface area contributed by atoms with E-state index in [1.54, 1.807) is 0 Å². The van der Waals surface area contributed by atoms with Gasteiger partial charge in [-0.25, -0.2) is 0 Å². The first-order valence-electron chi connectivity index (χ1n) is 6.13. The van der Waals surface area contributed by atoms with Crippen LogP contribution in [-0.4, -0.2) is 13.1 Å². The van der Waals surface area contributed by atoms with E-state index in [4.69, 9.17) is 0 Å². The Balaban J connectivity index is 1.63. The van der Waals surface area contributed by atoms with Gasteiger partial charge in [0.15, 0.2) is 0 Å². The molecule has 1 heterocycles. The van der Waals surface area contributed by atoms with Crippen LogP contribution in [0.25, 0.3) is 0 Å². The Morgan fingerprint density at radius 3 is 2.71 bits per heavy atom. The molecule has 1 N–H and O–H groups in total. The lowest BCUT2D eigenvalue weighted by Crippen LogP contribution is -2.19. The van der Waals surface area contributed by atoms with E-state index < -0.39 is 0 Å². The van der Waals surface area contributed by atoms with Crippen molar-refractivity contribution in [3.63, 3.8) is 0 Å². The van der Waals surface area contributed by atoms with Crippen molar-refractivity contribution in [3.8, 4) is 0 Å². The normalized spacial score (nSPS) is 10.6. The fourth-order valence-electron chi connectivity index (χ4n) is 1.89. The quantitative estimate of drug-likeness (QED) is 0.769.